The van der Waals surface area contributed by atoms with Crippen molar-refractivity contribution in [2.75, 3.05) is 6.61 Å². The summed E-state index contributed by atoms with van der Waals surface area (Å²) in [4.78, 5) is 11.7. The Balaban J connectivity index is 2.99. The summed E-state index contributed by atoms with van der Waals surface area (Å²) in [5, 5.41) is 11.7. The number of aliphatic hydroxyl groups excluding tert-OH is 1. The number of alkyl halides is 3. The first kappa shape index (κ1) is 18.2. The van der Waals surface area contributed by atoms with Crippen molar-refractivity contribution in [1.82, 2.24) is 5.32 Å². The molecule has 0 aliphatic rings. The number of benzene rings is 1. The van der Waals surface area contributed by atoms with Crippen molar-refractivity contribution in [3.05, 3.63) is 47.5 Å². The van der Waals surface area contributed by atoms with E-state index >= 15 is 0 Å². The van der Waals surface area contributed by atoms with E-state index in [9.17, 15) is 23.1 Å². The first-order valence-corrected chi connectivity index (χ1v) is 6.60. The third kappa shape index (κ3) is 5.50. The van der Waals surface area contributed by atoms with Gasteiger partial charge in [-0.3, -0.25) is 4.79 Å². The molecule has 0 aliphatic heterocycles. The fourth-order valence-corrected chi connectivity index (χ4v) is 1.79. The summed E-state index contributed by atoms with van der Waals surface area (Å²) in [7, 11) is 0. The van der Waals surface area contributed by atoms with Crippen LogP contribution in [0.3, 0.4) is 0 Å². The molecule has 1 aromatic carbocycles. The predicted molar refractivity (Wildman–Crippen MR) is 76.8 cm³/mol. The number of nitrogens with one attached hydrogen (secondary N) is 1. The number of nitrogens with two attached hydrogens (primary N) is 1. The highest BCUT2D eigenvalue weighted by molar-refractivity contribution is 5.88. The number of carbonyl (C=O) groups excluding carboxylic acids is 1. The van der Waals surface area contributed by atoms with E-state index in [1.807, 2.05) is 0 Å². The minimum Gasteiger partial charge on any atom is -0.394 e. The van der Waals surface area contributed by atoms with Crippen LogP contribution in [-0.2, 0) is 11.0 Å². The van der Waals surface area contributed by atoms with E-state index in [2.05, 4.69) is 5.32 Å². The molecular formula is C15H19F3N2O2. The van der Waals surface area contributed by atoms with E-state index < -0.39 is 35.8 Å². The van der Waals surface area contributed by atoms with Crippen molar-refractivity contribution in [2.24, 2.45) is 5.73 Å². The van der Waals surface area contributed by atoms with Gasteiger partial charge in [0, 0.05) is 11.6 Å². The maximum absolute atomic E-state index is 13.0. The van der Waals surface area contributed by atoms with Gasteiger partial charge in [0.25, 0.3) is 0 Å². The Morgan fingerprint density at radius 3 is 2.45 bits per heavy atom. The van der Waals surface area contributed by atoms with Gasteiger partial charge in [0.15, 0.2) is 0 Å². The SMILES string of the molecule is CC(C)(N)/C=C/C(=O)NC(CO)c1ccccc1C(F)(F)F. The van der Waals surface area contributed by atoms with Gasteiger partial charge in [-0.15, -0.1) is 0 Å². The van der Waals surface area contributed by atoms with Gasteiger partial charge in [0.05, 0.1) is 18.2 Å². The zero-order valence-corrected chi connectivity index (χ0v) is 12.3. The van der Waals surface area contributed by atoms with Crippen molar-refractivity contribution in [3.8, 4) is 0 Å². The molecule has 0 aliphatic carbocycles. The lowest BCUT2D eigenvalue weighted by molar-refractivity contribution is -0.138. The molecule has 1 rings (SSSR count). The monoisotopic (exact) mass is 316 g/mol. The van der Waals surface area contributed by atoms with Crippen LogP contribution in [0.2, 0.25) is 0 Å². The van der Waals surface area contributed by atoms with Crippen LogP contribution in [0.4, 0.5) is 13.2 Å². The molecule has 0 fully saturated rings. The molecule has 0 spiro atoms. The van der Waals surface area contributed by atoms with Gasteiger partial charge in [-0.1, -0.05) is 24.3 Å². The van der Waals surface area contributed by atoms with Crippen molar-refractivity contribution in [2.45, 2.75) is 31.6 Å². The number of hydrogen-bond donors (Lipinski definition) is 3. The zero-order chi connectivity index (χ0) is 17.0. The third-order valence-electron chi connectivity index (χ3n) is 2.80. The van der Waals surface area contributed by atoms with Crippen LogP contribution in [0.5, 0.6) is 0 Å². The molecule has 1 aromatic rings. The molecule has 1 amide bonds. The standard InChI is InChI=1S/C15H19F3N2O2/c1-14(2,19)8-7-13(22)20-12(9-21)10-5-3-4-6-11(10)15(16,17)18/h3-8,12,21H,9,19H2,1-2H3,(H,20,22)/b8-7+. The number of amides is 1. The maximum atomic E-state index is 13.0. The van der Waals surface area contributed by atoms with Crippen LogP contribution >= 0.6 is 0 Å². The van der Waals surface area contributed by atoms with Gasteiger partial charge in [0.2, 0.25) is 5.91 Å². The van der Waals surface area contributed by atoms with E-state index in [1.165, 1.54) is 24.3 Å². The Bertz CT molecular complexity index is 548. The molecule has 122 valence electrons. The average molecular weight is 316 g/mol. The minimum absolute atomic E-state index is 0.189. The number of carbonyl (C=O) groups is 1. The highest BCUT2D eigenvalue weighted by atomic mass is 19.4. The zero-order valence-electron chi connectivity index (χ0n) is 12.3. The van der Waals surface area contributed by atoms with E-state index in [-0.39, 0.29) is 5.56 Å². The smallest absolute Gasteiger partial charge is 0.394 e. The first-order chi connectivity index (χ1) is 10.0. The Morgan fingerprint density at radius 2 is 1.95 bits per heavy atom. The average Bonchev–Trinajstić information content (AvgIpc) is 2.41. The van der Waals surface area contributed by atoms with Gasteiger partial charge in [0.1, 0.15) is 0 Å². The van der Waals surface area contributed by atoms with E-state index in [0.29, 0.717) is 0 Å². The summed E-state index contributed by atoms with van der Waals surface area (Å²) in [6, 6.07) is 3.64. The fourth-order valence-electron chi connectivity index (χ4n) is 1.79. The van der Waals surface area contributed by atoms with Crippen LogP contribution in [0, 0.1) is 0 Å². The molecule has 1 atom stereocenters. The second kappa shape index (κ2) is 6.93. The highest BCUT2D eigenvalue weighted by Crippen LogP contribution is 2.34. The topological polar surface area (TPSA) is 75.4 Å². The summed E-state index contributed by atoms with van der Waals surface area (Å²) in [5.74, 6) is -0.630. The van der Waals surface area contributed by atoms with Crippen LogP contribution < -0.4 is 11.1 Å². The lowest BCUT2D eigenvalue weighted by Gasteiger charge is -2.21. The molecule has 22 heavy (non-hydrogen) atoms. The quantitative estimate of drug-likeness (QED) is 0.729. The van der Waals surface area contributed by atoms with Crippen LogP contribution in [0.15, 0.2) is 36.4 Å². The molecule has 0 radical (unpaired) electrons. The Morgan fingerprint density at radius 1 is 1.36 bits per heavy atom. The summed E-state index contributed by atoms with van der Waals surface area (Å²) in [6.07, 6.45) is -2.00. The van der Waals surface area contributed by atoms with E-state index in [4.69, 9.17) is 5.73 Å². The summed E-state index contributed by atoms with van der Waals surface area (Å²) in [5.41, 5.74) is 3.87. The summed E-state index contributed by atoms with van der Waals surface area (Å²) >= 11 is 0. The van der Waals surface area contributed by atoms with Crippen molar-refractivity contribution in [1.29, 1.82) is 0 Å². The van der Waals surface area contributed by atoms with Crippen LogP contribution in [0.1, 0.15) is 31.0 Å². The van der Waals surface area contributed by atoms with Gasteiger partial charge < -0.3 is 16.2 Å². The molecule has 4 nitrogen and oxygen atoms in total. The van der Waals surface area contributed by atoms with Gasteiger partial charge in [-0.05, 0) is 25.5 Å². The molecule has 1 unspecified atom stereocenters. The van der Waals surface area contributed by atoms with Crippen LogP contribution in [-0.4, -0.2) is 23.2 Å². The number of hydrogen-bond acceptors (Lipinski definition) is 3. The number of aliphatic hydroxyl groups is 1. The van der Waals surface area contributed by atoms with Crippen molar-refractivity contribution < 1.29 is 23.1 Å². The molecule has 0 bridgehead atoms. The lowest BCUT2D eigenvalue weighted by Crippen LogP contribution is -2.33. The third-order valence-corrected chi connectivity index (χ3v) is 2.80. The molecule has 4 N–H and O–H groups in total. The van der Waals surface area contributed by atoms with Crippen molar-refractivity contribution in [3.63, 3.8) is 0 Å². The van der Waals surface area contributed by atoms with Gasteiger partial charge in [-0.2, -0.15) is 13.2 Å². The Labute approximate surface area is 126 Å². The second-order valence-electron chi connectivity index (χ2n) is 5.48. The van der Waals surface area contributed by atoms with Gasteiger partial charge in [-0.25, -0.2) is 0 Å². The Kier molecular flexibility index (Phi) is 5.73. The first-order valence-electron chi connectivity index (χ1n) is 6.60. The molecular weight excluding hydrogens is 297 g/mol. The van der Waals surface area contributed by atoms with E-state index in [0.717, 1.165) is 12.1 Å². The summed E-state index contributed by atoms with van der Waals surface area (Å²) < 4.78 is 38.9. The summed E-state index contributed by atoms with van der Waals surface area (Å²) in [6.45, 7) is 2.68. The van der Waals surface area contributed by atoms with Gasteiger partial charge >= 0.3 is 6.18 Å². The normalized spacial score (nSPS) is 14.1. The lowest BCUT2D eigenvalue weighted by atomic mass is 10.00. The van der Waals surface area contributed by atoms with Crippen molar-refractivity contribution >= 4 is 5.91 Å². The minimum atomic E-state index is -4.57. The van der Waals surface area contributed by atoms with E-state index in [1.54, 1.807) is 13.8 Å². The molecule has 0 saturated carbocycles. The molecule has 0 saturated heterocycles. The number of halogens is 3. The molecule has 7 heteroatoms. The fraction of sp³-hybridized carbons (Fsp3) is 0.400. The Hall–Kier alpha value is -1.86. The highest BCUT2D eigenvalue weighted by Gasteiger charge is 2.35. The molecule has 0 aromatic heterocycles. The second-order valence-corrected chi connectivity index (χ2v) is 5.48. The van der Waals surface area contributed by atoms with Crippen LogP contribution in [0.25, 0.3) is 0 Å². The maximum Gasteiger partial charge on any atom is 0.416 e. The molecule has 0 heterocycles. The predicted octanol–water partition coefficient (Wildman–Crippen LogP) is 2.15. The number of rotatable bonds is 5. The largest absolute Gasteiger partial charge is 0.416 e.